The summed E-state index contributed by atoms with van der Waals surface area (Å²) in [6.07, 6.45) is 15.7. The summed E-state index contributed by atoms with van der Waals surface area (Å²) in [6.45, 7) is 2.59. The Morgan fingerprint density at radius 1 is 1.00 bits per heavy atom. The highest BCUT2D eigenvalue weighted by Gasteiger charge is 2.39. The highest BCUT2D eigenvalue weighted by Crippen LogP contribution is 2.43. The lowest BCUT2D eigenvalue weighted by molar-refractivity contribution is -0.0454. The molecular weight excluding hydrogens is 376 g/mol. The van der Waals surface area contributed by atoms with Crippen molar-refractivity contribution in [2.45, 2.75) is 83.2 Å². The van der Waals surface area contributed by atoms with Crippen LogP contribution in [0.5, 0.6) is 5.75 Å². The van der Waals surface area contributed by atoms with Gasteiger partial charge < -0.3 is 14.2 Å². The lowest BCUT2D eigenvalue weighted by atomic mass is 9.77. The zero-order chi connectivity index (χ0) is 21.2. The molecule has 1 aromatic carbocycles. The van der Waals surface area contributed by atoms with E-state index >= 15 is 0 Å². The lowest BCUT2D eigenvalue weighted by Gasteiger charge is -2.37. The van der Waals surface area contributed by atoms with Crippen LogP contribution in [0.3, 0.4) is 0 Å². The van der Waals surface area contributed by atoms with E-state index < -0.39 is 11.8 Å². The number of benzene rings is 1. The van der Waals surface area contributed by atoms with E-state index in [1.807, 2.05) is 24.3 Å². The molecule has 0 aromatic heterocycles. The molecule has 0 N–H and O–H groups in total. The summed E-state index contributed by atoms with van der Waals surface area (Å²) >= 11 is 0. The Morgan fingerprint density at radius 3 is 2.43 bits per heavy atom. The number of allylic oxidation sites excluding steroid dienone is 3. The van der Waals surface area contributed by atoms with Crippen LogP contribution in [-0.4, -0.2) is 19.9 Å². The first-order valence-corrected chi connectivity index (χ1v) is 11.6. The fourth-order valence-corrected chi connectivity index (χ4v) is 4.43. The quantitative estimate of drug-likeness (QED) is 0.317. The number of hydrogen-bond acceptors (Lipinski definition) is 4. The van der Waals surface area contributed by atoms with Crippen LogP contribution in [-0.2, 0) is 15.1 Å². The van der Waals surface area contributed by atoms with Gasteiger partial charge in [-0.1, -0.05) is 50.5 Å². The highest BCUT2D eigenvalue weighted by atomic mass is 16.7. The topological polar surface area (TPSA) is 44.8 Å². The van der Waals surface area contributed by atoms with Crippen LogP contribution in [0.25, 0.3) is 0 Å². The molecule has 0 fully saturated rings. The molecule has 0 amide bonds. The Kier molecular flexibility index (Phi) is 8.41. The van der Waals surface area contributed by atoms with E-state index in [0.29, 0.717) is 13.0 Å². The number of hydrogen-bond donors (Lipinski definition) is 0. The van der Waals surface area contributed by atoms with Gasteiger partial charge in [-0.25, -0.2) is 4.79 Å². The van der Waals surface area contributed by atoms with Gasteiger partial charge in [-0.05, 0) is 73.8 Å². The number of ether oxygens (including phenoxy) is 3. The maximum absolute atomic E-state index is 12.5. The minimum atomic E-state index is -0.675. The van der Waals surface area contributed by atoms with Crippen LogP contribution in [0.15, 0.2) is 47.6 Å². The van der Waals surface area contributed by atoms with Crippen LogP contribution in [0, 0.1) is 0 Å². The standard InChI is InChI=1S/C26H36O4/c1-3-4-5-9-20-29-25(27)30-26(23-12-14-24(28-2)15-13-23)18-16-22(17-19-26)21-10-7-6-8-11-21/h10,12-16H,3-9,11,17-20H2,1-2H3. The summed E-state index contributed by atoms with van der Waals surface area (Å²) < 4.78 is 16.7. The number of methoxy groups -OCH3 is 1. The fourth-order valence-electron chi connectivity index (χ4n) is 4.43. The van der Waals surface area contributed by atoms with E-state index in [0.717, 1.165) is 49.8 Å². The lowest BCUT2D eigenvalue weighted by Crippen LogP contribution is -2.34. The average Bonchev–Trinajstić information content (AvgIpc) is 2.80. The third-order valence-corrected chi connectivity index (χ3v) is 6.29. The van der Waals surface area contributed by atoms with Crippen molar-refractivity contribution in [3.05, 3.63) is 53.1 Å². The molecule has 0 radical (unpaired) electrons. The second-order valence-electron chi connectivity index (χ2n) is 8.39. The molecule has 0 bridgehead atoms. The molecule has 1 unspecified atom stereocenters. The summed E-state index contributed by atoms with van der Waals surface area (Å²) in [5, 5.41) is 0. The third-order valence-electron chi connectivity index (χ3n) is 6.29. The van der Waals surface area contributed by atoms with Gasteiger partial charge in [-0.2, -0.15) is 0 Å². The molecule has 2 aliphatic rings. The van der Waals surface area contributed by atoms with Crippen molar-refractivity contribution in [2.24, 2.45) is 0 Å². The molecule has 0 heterocycles. The number of rotatable bonds is 9. The van der Waals surface area contributed by atoms with Crippen molar-refractivity contribution in [3.63, 3.8) is 0 Å². The highest BCUT2D eigenvalue weighted by molar-refractivity contribution is 5.61. The predicted molar refractivity (Wildman–Crippen MR) is 120 cm³/mol. The normalized spacial score (nSPS) is 21.4. The zero-order valence-corrected chi connectivity index (χ0v) is 18.6. The first-order valence-electron chi connectivity index (χ1n) is 11.6. The van der Waals surface area contributed by atoms with E-state index in [1.165, 1.54) is 36.8 Å². The van der Waals surface area contributed by atoms with Crippen molar-refractivity contribution in [3.8, 4) is 5.75 Å². The monoisotopic (exact) mass is 412 g/mol. The third kappa shape index (κ3) is 5.90. The van der Waals surface area contributed by atoms with Gasteiger partial charge in [0, 0.05) is 6.42 Å². The van der Waals surface area contributed by atoms with Crippen molar-refractivity contribution in [1.82, 2.24) is 0 Å². The Labute approximate surface area is 181 Å². The molecule has 0 saturated heterocycles. The van der Waals surface area contributed by atoms with Gasteiger partial charge in [0.1, 0.15) is 11.4 Å². The summed E-state index contributed by atoms with van der Waals surface area (Å²) in [6, 6.07) is 7.87. The molecule has 1 aromatic rings. The maximum Gasteiger partial charge on any atom is 0.509 e. The maximum atomic E-state index is 12.5. The first-order chi connectivity index (χ1) is 14.7. The molecule has 3 rings (SSSR count). The van der Waals surface area contributed by atoms with Crippen molar-refractivity contribution < 1.29 is 19.0 Å². The number of carbonyl (C=O) groups excluding carboxylic acids is 1. The molecule has 30 heavy (non-hydrogen) atoms. The van der Waals surface area contributed by atoms with Crippen molar-refractivity contribution >= 4 is 6.16 Å². The summed E-state index contributed by atoms with van der Waals surface area (Å²) in [7, 11) is 1.66. The molecule has 2 aliphatic carbocycles. The van der Waals surface area contributed by atoms with Gasteiger partial charge in [0.2, 0.25) is 0 Å². The van der Waals surface area contributed by atoms with Crippen LogP contribution < -0.4 is 4.74 Å². The van der Waals surface area contributed by atoms with Gasteiger partial charge in [0.25, 0.3) is 0 Å². The first kappa shape index (κ1) is 22.5. The molecule has 164 valence electrons. The molecule has 1 atom stereocenters. The van der Waals surface area contributed by atoms with Crippen molar-refractivity contribution in [1.29, 1.82) is 0 Å². The van der Waals surface area contributed by atoms with Crippen molar-refractivity contribution in [2.75, 3.05) is 13.7 Å². The minimum absolute atomic E-state index is 0.422. The van der Waals surface area contributed by atoms with Crippen LogP contribution >= 0.6 is 0 Å². The van der Waals surface area contributed by atoms with E-state index in [4.69, 9.17) is 14.2 Å². The van der Waals surface area contributed by atoms with E-state index in [2.05, 4.69) is 19.1 Å². The second kappa shape index (κ2) is 11.2. The van der Waals surface area contributed by atoms with Crippen LogP contribution in [0.1, 0.15) is 83.1 Å². The summed E-state index contributed by atoms with van der Waals surface area (Å²) in [5.41, 5.74) is 3.24. The molecule has 0 aliphatic heterocycles. The zero-order valence-electron chi connectivity index (χ0n) is 18.6. The second-order valence-corrected chi connectivity index (χ2v) is 8.39. The van der Waals surface area contributed by atoms with E-state index in [-0.39, 0.29) is 0 Å². The van der Waals surface area contributed by atoms with Crippen LogP contribution in [0.4, 0.5) is 4.79 Å². The molecular formula is C26H36O4. The minimum Gasteiger partial charge on any atom is -0.497 e. The Morgan fingerprint density at radius 2 is 1.80 bits per heavy atom. The van der Waals surface area contributed by atoms with E-state index in [1.54, 1.807) is 7.11 Å². The van der Waals surface area contributed by atoms with Crippen LogP contribution in [0.2, 0.25) is 0 Å². The Balaban J connectivity index is 1.72. The van der Waals surface area contributed by atoms with E-state index in [9.17, 15) is 4.79 Å². The van der Waals surface area contributed by atoms with Gasteiger partial charge in [-0.15, -0.1) is 0 Å². The summed E-state index contributed by atoms with van der Waals surface area (Å²) in [4.78, 5) is 12.5. The largest absolute Gasteiger partial charge is 0.509 e. The Hall–Kier alpha value is -2.23. The van der Waals surface area contributed by atoms with Gasteiger partial charge in [0.15, 0.2) is 0 Å². The van der Waals surface area contributed by atoms with Gasteiger partial charge >= 0.3 is 6.16 Å². The molecule has 0 saturated carbocycles. The predicted octanol–water partition coefficient (Wildman–Crippen LogP) is 7.23. The number of carbonyl (C=O) groups is 1. The SMILES string of the molecule is CCCCCCOC(=O)OC1(c2ccc(OC)cc2)CC=C(C2=CCCCC2)CC1. The molecule has 4 heteroatoms. The molecule has 0 spiro atoms. The summed E-state index contributed by atoms with van der Waals surface area (Å²) in [5.74, 6) is 0.798. The van der Waals surface area contributed by atoms with Gasteiger partial charge in [-0.3, -0.25) is 0 Å². The fraction of sp³-hybridized carbons (Fsp3) is 0.577. The van der Waals surface area contributed by atoms with Gasteiger partial charge in [0.05, 0.1) is 13.7 Å². The Bertz CT molecular complexity index is 747. The smallest absolute Gasteiger partial charge is 0.497 e. The molecule has 4 nitrogen and oxygen atoms in total. The average molecular weight is 413 g/mol. The number of unbranched alkanes of at least 4 members (excludes halogenated alkanes) is 3.